The highest BCUT2D eigenvalue weighted by Crippen LogP contribution is 2.29. The number of rotatable bonds is 10. The van der Waals surface area contributed by atoms with E-state index < -0.39 is 0 Å². The van der Waals surface area contributed by atoms with Crippen LogP contribution in [0.25, 0.3) is 0 Å². The number of nitrogens with zero attached hydrogens (tertiary/aromatic N) is 2. The van der Waals surface area contributed by atoms with E-state index in [0.29, 0.717) is 19.0 Å². The van der Waals surface area contributed by atoms with Gasteiger partial charge in [-0.2, -0.15) is 0 Å². The molecule has 144 valence electrons. The number of ether oxygens (including phenoxy) is 2. The molecule has 2 aromatic rings. The molecule has 1 heterocycles. The summed E-state index contributed by atoms with van der Waals surface area (Å²) in [6.07, 6.45) is 5.24. The zero-order valence-corrected chi connectivity index (χ0v) is 15.9. The Bertz CT molecular complexity index is 717. The molecule has 0 amide bonds. The van der Waals surface area contributed by atoms with Crippen LogP contribution < -0.4 is 20.1 Å². The summed E-state index contributed by atoms with van der Waals surface area (Å²) in [5.41, 5.74) is 1.12. The Morgan fingerprint density at radius 2 is 2.00 bits per heavy atom. The van der Waals surface area contributed by atoms with Gasteiger partial charge in [-0.25, -0.2) is 4.98 Å². The summed E-state index contributed by atoms with van der Waals surface area (Å²) in [6, 6.07) is 13.8. The lowest BCUT2D eigenvalue weighted by molar-refractivity contribution is 0.288. The zero-order valence-electron chi connectivity index (χ0n) is 15.9. The Labute approximate surface area is 161 Å². The average Bonchev–Trinajstić information content (AvgIpc) is 3.54. The third-order valence-electron chi connectivity index (χ3n) is 4.27. The van der Waals surface area contributed by atoms with Gasteiger partial charge < -0.3 is 20.1 Å². The van der Waals surface area contributed by atoms with Crippen molar-refractivity contribution in [3.8, 4) is 11.6 Å². The van der Waals surface area contributed by atoms with Gasteiger partial charge in [0.2, 0.25) is 5.88 Å². The van der Waals surface area contributed by atoms with Crippen molar-refractivity contribution < 1.29 is 9.47 Å². The summed E-state index contributed by atoms with van der Waals surface area (Å²) >= 11 is 0. The van der Waals surface area contributed by atoms with Gasteiger partial charge in [-0.15, -0.1) is 0 Å². The molecular weight excluding hydrogens is 340 g/mol. The topological polar surface area (TPSA) is 67.8 Å². The van der Waals surface area contributed by atoms with Crippen molar-refractivity contribution >= 4 is 5.96 Å². The second kappa shape index (κ2) is 10.4. The number of aromatic nitrogens is 1. The molecule has 1 aliphatic carbocycles. The van der Waals surface area contributed by atoms with E-state index in [1.165, 1.54) is 12.8 Å². The first-order chi connectivity index (χ1) is 13.3. The highest BCUT2D eigenvalue weighted by Gasteiger charge is 2.22. The molecule has 0 saturated heterocycles. The molecular formula is C21H28N4O2. The highest BCUT2D eigenvalue weighted by molar-refractivity contribution is 5.79. The van der Waals surface area contributed by atoms with Gasteiger partial charge in [0.05, 0.1) is 13.2 Å². The number of hydrogen-bond acceptors (Lipinski definition) is 4. The van der Waals surface area contributed by atoms with E-state index in [-0.39, 0.29) is 0 Å². The Morgan fingerprint density at radius 3 is 2.78 bits per heavy atom. The summed E-state index contributed by atoms with van der Waals surface area (Å²) in [5, 5.41) is 6.61. The molecule has 3 rings (SSSR count). The lowest BCUT2D eigenvalue weighted by atomic mass is 10.2. The maximum Gasteiger partial charge on any atom is 0.213 e. The van der Waals surface area contributed by atoms with Crippen LogP contribution in [0.1, 0.15) is 24.8 Å². The number of aliphatic imine (C=N–C) groups is 1. The molecule has 1 aliphatic rings. The molecule has 6 nitrogen and oxygen atoms in total. The molecule has 0 aliphatic heterocycles. The molecule has 1 fully saturated rings. The lowest BCUT2D eigenvalue weighted by Crippen LogP contribution is -2.37. The normalized spacial score (nSPS) is 13.9. The summed E-state index contributed by atoms with van der Waals surface area (Å²) < 4.78 is 11.4. The number of guanidine groups is 1. The highest BCUT2D eigenvalue weighted by atomic mass is 16.5. The van der Waals surface area contributed by atoms with E-state index in [9.17, 15) is 0 Å². The standard InChI is InChI=1S/C21H28N4O2/c1-22-21(24-11-5-13-26-19-6-3-2-4-7-19)25-15-18-10-12-23-20(14-18)27-16-17-8-9-17/h2-4,6-7,10,12,14,17H,5,8-9,11,13,15-16H2,1H3,(H2,22,24,25). The zero-order chi connectivity index (χ0) is 18.7. The SMILES string of the molecule is CN=C(NCCCOc1ccccc1)NCc1ccnc(OCC2CC2)c1. The smallest absolute Gasteiger partial charge is 0.213 e. The van der Waals surface area contributed by atoms with Crippen LogP contribution in [0.2, 0.25) is 0 Å². The molecule has 6 heteroatoms. The maximum absolute atomic E-state index is 5.73. The Balaban J connectivity index is 1.33. The van der Waals surface area contributed by atoms with Crippen LogP contribution in [-0.2, 0) is 6.54 Å². The summed E-state index contributed by atoms with van der Waals surface area (Å²) in [4.78, 5) is 8.53. The van der Waals surface area contributed by atoms with Crippen LogP contribution in [0.4, 0.5) is 0 Å². The van der Waals surface area contributed by atoms with E-state index in [1.54, 1.807) is 13.2 Å². The van der Waals surface area contributed by atoms with Gasteiger partial charge in [0.25, 0.3) is 0 Å². The van der Waals surface area contributed by atoms with Gasteiger partial charge in [-0.05, 0) is 48.9 Å². The summed E-state index contributed by atoms with van der Waals surface area (Å²) in [5.74, 6) is 3.09. The van der Waals surface area contributed by atoms with Crippen molar-refractivity contribution in [1.82, 2.24) is 15.6 Å². The number of benzene rings is 1. The molecule has 0 radical (unpaired) electrons. The van der Waals surface area contributed by atoms with Gasteiger partial charge in [0.15, 0.2) is 5.96 Å². The minimum absolute atomic E-state index is 0.667. The molecule has 0 spiro atoms. The van der Waals surface area contributed by atoms with Gasteiger partial charge in [0.1, 0.15) is 5.75 Å². The van der Waals surface area contributed by atoms with Gasteiger partial charge in [-0.3, -0.25) is 4.99 Å². The van der Waals surface area contributed by atoms with Crippen molar-refractivity contribution in [2.75, 3.05) is 26.8 Å². The van der Waals surface area contributed by atoms with Gasteiger partial charge in [-0.1, -0.05) is 18.2 Å². The number of pyridine rings is 1. The first-order valence-electron chi connectivity index (χ1n) is 9.53. The molecule has 1 aromatic heterocycles. The van der Waals surface area contributed by atoms with Crippen LogP contribution in [-0.4, -0.2) is 37.7 Å². The Hall–Kier alpha value is -2.76. The predicted molar refractivity (Wildman–Crippen MR) is 107 cm³/mol. The second-order valence-corrected chi connectivity index (χ2v) is 6.62. The monoisotopic (exact) mass is 368 g/mol. The largest absolute Gasteiger partial charge is 0.494 e. The summed E-state index contributed by atoms with van der Waals surface area (Å²) in [7, 11) is 1.77. The van der Waals surface area contributed by atoms with Crippen molar-refractivity contribution in [2.45, 2.75) is 25.8 Å². The maximum atomic E-state index is 5.73. The molecule has 1 aromatic carbocycles. The number of hydrogen-bond donors (Lipinski definition) is 2. The summed E-state index contributed by atoms with van der Waals surface area (Å²) in [6.45, 7) is 2.90. The Morgan fingerprint density at radius 1 is 1.15 bits per heavy atom. The molecule has 0 bridgehead atoms. The van der Waals surface area contributed by atoms with E-state index in [2.05, 4.69) is 20.6 Å². The third kappa shape index (κ3) is 7.17. The van der Waals surface area contributed by atoms with Crippen LogP contribution in [0.3, 0.4) is 0 Å². The fourth-order valence-electron chi connectivity index (χ4n) is 2.52. The predicted octanol–water partition coefficient (Wildman–Crippen LogP) is 3.00. The van der Waals surface area contributed by atoms with E-state index >= 15 is 0 Å². The molecule has 2 N–H and O–H groups in total. The van der Waals surface area contributed by atoms with Gasteiger partial charge in [0, 0.05) is 32.4 Å². The van der Waals surface area contributed by atoms with E-state index in [0.717, 1.165) is 42.8 Å². The minimum Gasteiger partial charge on any atom is -0.494 e. The minimum atomic E-state index is 0.667. The molecule has 27 heavy (non-hydrogen) atoms. The van der Waals surface area contributed by atoms with Crippen molar-refractivity contribution in [1.29, 1.82) is 0 Å². The van der Waals surface area contributed by atoms with Crippen molar-refractivity contribution in [3.05, 3.63) is 54.2 Å². The van der Waals surface area contributed by atoms with Crippen molar-refractivity contribution in [2.24, 2.45) is 10.9 Å². The number of para-hydroxylation sites is 1. The molecule has 0 atom stereocenters. The molecule has 1 saturated carbocycles. The fraction of sp³-hybridized carbons (Fsp3) is 0.429. The first-order valence-corrected chi connectivity index (χ1v) is 9.53. The van der Waals surface area contributed by atoms with Crippen LogP contribution in [0.5, 0.6) is 11.6 Å². The van der Waals surface area contributed by atoms with E-state index in [4.69, 9.17) is 9.47 Å². The van der Waals surface area contributed by atoms with Crippen LogP contribution >= 0.6 is 0 Å². The average molecular weight is 368 g/mol. The van der Waals surface area contributed by atoms with Crippen LogP contribution in [0, 0.1) is 5.92 Å². The Kier molecular flexibility index (Phi) is 7.33. The number of nitrogens with one attached hydrogen (secondary N) is 2. The first kappa shape index (κ1) is 19.0. The van der Waals surface area contributed by atoms with Gasteiger partial charge >= 0.3 is 0 Å². The lowest BCUT2D eigenvalue weighted by Gasteiger charge is -2.13. The molecule has 0 unspecified atom stereocenters. The quantitative estimate of drug-likeness (QED) is 0.383. The second-order valence-electron chi connectivity index (χ2n) is 6.62. The van der Waals surface area contributed by atoms with Crippen LogP contribution in [0.15, 0.2) is 53.7 Å². The van der Waals surface area contributed by atoms with Crippen molar-refractivity contribution in [3.63, 3.8) is 0 Å². The fourth-order valence-corrected chi connectivity index (χ4v) is 2.52. The third-order valence-corrected chi connectivity index (χ3v) is 4.27. The van der Waals surface area contributed by atoms with E-state index in [1.807, 2.05) is 42.5 Å².